The van der Waals surface area contributed by atoms with Gasteiger partial charge in [0, 0.05) is 21.1 Å². The predicted octanol–water partition coefficient (Wildman–Crippen LogP) is 4.23. The van der Waals surface area contributed by atoms with Crippen LogP contribution in [0.2, 0.25) is 5.02 Å². The summed E-state index contributed by atoms with van der Waals surface area (Å²) in [6, 6.07) is 12.4. The summed E-state index contributed by atoms with van der Waals surface area (Å²) in [5.74, 6) is -0.518. The second-order valence-corrected chi connectivity index (χ2v) is 5.87. The van der Waals surface area contributed by atoms with Crippen LogP contribution in [0, 0.1) is 0 Å². The van der Waals surface area contributed by atoms with Crippen molar-refractivity contribution < 1.29 is 4.42 Å². The molecule has 1 aromatic heterocycles. The molecular weight excluding hydrogens is 362 g/mol. The van der Waals surface area contributed by atoms with Gasteiger partial charge < -0.3 is 4.42 Å². The molecule has 1 heterocycles. The Morgan fingerprint density at radius 3 is 2.60 bits per heavy atom. The van der Waals surface area contributed by atoms with Crippen molar-refractivity contribution in [1.29, 1.82) is 0 Å². The van der Waals surface area contributed by atoms with Crippen LogP contribution in [0.15, 0.2) is 56.1 Å². The first-order valence-electron chi connectivity index (χ1n) is 5.67. The second-order valence-electron chi connectivity index (χ2n) is 4.13. The fraction of sp³-hybridized carbons (Fsp3) is 0. The molecule has 0 atom stereocenters. The maximum Gasteiger partial charge on any atom is 0.425 e. The number of fused-ring (bicyclic) bond motifs is 1. The molecule has 3 rings (SSSR count). The molecule has 0 aliphatic carbocycles. The zero-order chi connectivity index (χ0) is 14.3. The van der Waals surface area contributed by atoms with E-state index in [2.05, 4.69) is 15.9 Å². The highest BCUT2D eigenvalue weighted by Crippen LogP contribution is 2.20. The lowest BCUT2D eigenvalue weighted by Crippen LogP contribution is -2.22. The molecule has 0 amide bonds. The molecule has 0 aliphatic rings. The number of aromatic nitrogens is 1. The third-order valence-corrected chi connectivity index (χ3v) is 4.02. The van der Waals surface area contributed by atoms with Gasteiger partial charge in [0.15, 0.2) is 5.58 Å². The molecule has 0 saturated heterocycles. The summed E-state index contributed by atoms with van der Waals surface area (Å²) in [5.41, 5.74) is 1.79. The Kier molecular flexibility index (Phi) is 3.50. The Morgan fingerprint density at radius 1 is 1.20 bits per heavy atom. The van der Waals surface area contributed by atoms with E-state index < -0.39 is 5.76 Å². The number of hydrogen-bond acceptors (Lipinski definition) is 3. The standard InChI is InChI=1S/C14H7BrClNO2S/c15-9-3-1-8(2-4-9)13(20)17-11-6-5-10(16)7-12(11)19-14(17)18/h1-7H. The van der Waals surface area contributed by atoms with Gasteiger partial charge >= 0.3 is 5.76 Å². The van der Waals surface area contributed by atoms with Crippen LogP contribution in [0.4, 0.5) is 0 Å². The highest BCUT2D eigenvalue weighted by Gasteiger charge is 2.14. The van der Waals surface area contributed by atoms with E-state index in [1.807, 2.05) is 24.3 Å². The summed E-state index contributed by atoms with van der Waals surface area (Å²) in [6.45, 7) is 0. The van der Waals surface area contributed by atoms with Crippen LogP contribution in [0.3, 0.4) is 0 Å². The highest BCUT2D eigenvalue weighted by atomic mass is 79.9. The molecular formula is C14H7BrClNO2S. The van der Waals surface area contributed by atoms with Gasteiger partial charge in [-0.15, -0.1) is 0 Å². The normalized spacial score (nSPS) is 10.9. The zero-order valence-electron chi connectivity index (χ0n) is 9.97. The smallest absolute Gasteiger partial charge is 0.407 e. The number of hydrogen-bond donors (Lipinski definition) is 0. The molecule has 2 aromatic carbocycles. The van der Waals surface area contributed by atoms with Crippen LogP contribution in [-0.4, -0.2) is 9.56 Å². The maximum atomic E-state index is 12.0. The fourth-order valence-electron chi connectivity index (χ4n) is 1.91. The summed E-state index contributed by atoms with van der Waals surface area (Å²) < 4.78 is 7.48. The van der Waals surface area contributed by atoms with Gasteiger partial charge in [0.25, 0.3) is 0 Å². The first-order chi connectivity index (χ1) is 9.56. The van der Waals surface area contributed by atoms with Crippen LogP contribution in [0.25, 0.3) is 11.1 Å². The van der Waals surface area contributed by atoms with Gasteiger partial charge in [-0.05, 0) is 24.3 Å². The van der Waals surface area contributed by atoms with E-state index in [9.17, 15) is 4.79 Å². The van der Waals surface area contributed by atoms with Crippen molar-refractivity contribution >= 4 is 55.8 Å². The predicted molar refractivity (Wildman–Crippen MR) is 86.7 cm³/mol. The summed E-state index contributed by atoms with van der Waals surface area (Å²) >= 11 is 14.6. The van der Waals surface area contributed by atoms with E-state index in [4.69, 9.17) is 28.2 Å². The molecule has 100 valence electrons. The SMILES string of the molecule is O=c1oc2cc(Cl)ccc2n1C(=S)c1ccc(Br)cc1. The van der Waals surface area contributed by atoms with Crippen molar-refractivity contribution in [2.75, 3.05) is 0 Å². The molecule has 0 saturated carbocycles. The minimum absolute atomic E-state index is 0.392. The zero-order valence-corrected chi connectivity index (χ0v) is 13.1. The van der Waals surface area contributed by atoms with Gasteiger partial charge in [0.2, 0.25) is 0 Å². The molecule has 0 spiro atoms. The molecule has 0 bridgehead atoms. The van der Waals surface area contributed by atoms with Crippen molar-refractivity contribution in [3.63, 3.8) is 0 Å². The Balaban J connectivity index is 2.19. The largest absolute Gasteiger partial charge is 0.425 e. The van der Waals surface area contributed by atoms with Gasteiger partial charge in [0.05, 0.1) is 5.52 Å². The Morgan fingerprint density at radius 2 is 1.90 bits per heavy atom. The number of benzene rings is 2. The molecule has 0 aliphatic heterocycles. The average Bonchev–Trinajstić information content (AvgIpc) is 2.73. The molecule has 0 fully saturated rings. The summed E-state index contributed by atoms with van der Waals surface area (Å²) in [6.07, 6.45) is 0. The van der Waals surface area contributed by atoms with Crippen molar-refractivity contribution in [1.82, 2.24) is 4.57 Å². The molecule has 20 heavy (non-hydrogen) atoms. The molecule has 0 N–H and O–H groups in total. The highest BCUT2D eigenvalue weighted by molar-refractivity contribution is 9.10. The van der Waals surface area contributed by atoms with Crippen molar-refractivity contribution in [2.45, 2.75) is 0 Å². The van der Waals surface area contributed by atoms with E-state index in [0.717, 1.165) is 10.0 Å². The minimum Gasteiger partial charge on any atom is -0.407 e. The maximum absolute atomic E-state index is 12.0. The number of halogens is 2. The number of nitrogens with zero attached hydrogens (tertiary/aromatic N) is 1. The lowest BCUT2D eigenvalue weighted by Gasteiger charge is -2.04. The Labute approximate surface area is 132 Å². The number of thiocarbonyl (C=S) groups is 1. The van der Waals surface area contributed by atoms with Crippen LogP contribution in [0.1, 0.15) is 5.56 Å². The molecule has 3 aromatic rings. The lowest BCUT2D eigenvalue weighted by atomic mass is 10.2. The molecule has 6 heteroatoms. The van der Waals surface area contributed by atoms with Crippen molar-refractivity contribution in [3.8, 4) is 0 Å². The van der Waals surface area contributed by atoms with Crippen molar-refractivity contribution in [2.24, 2.45) is 0 Å². The van der Waals surface area contributed by atoms with E-state index >= 15 is 0 Å². The van der Waals surface area contributed by atoms with Crippen LogP contribution < -0.4 is 5.76 Å². The summed E-state index contributed by atoms with van der Waals surface area (Å²) in [4.78, 5) is 12.4. The van der Waals surface area contributed by atoms with Crippen molar-refractivity contribution in [3.05, 3.63) is 68.1 Å². The molecule has 0 unspecified atom stereocenters. The number of rotatable bonds is 1. The Bertz CT molecular complexity index is 867. The van der Waals surface area contributed by atoms with Gasteiger partial charge in [-0.3, -0.25) is 0 Å². The fourth-order valence-corrected chi connectivity index (χ4v) is 2.64. The van der Waals surface area contributed by atoms with Gasteiger partial charge in [-0.25, -0.2) is 9.36 Å². The van der Waals surface area contributed by atoms with Gasteiger partial charge in [-0.1, -0.05) is 51.9 Å². The quantitative estimate of drug-likeness (QED) is 0.603. The third-order valence-electron chi connectivity index (χ3n) is 2.84. The first kappa shape index (κ1) is 13.5. The van der Waals surface area contributed by atoms with Gasteiger partial charge in [-0.2, -0.15) is 0 Å². The van der Waals surface area contributed by atoms with Crippen LogP contribution in [0.5, 0.6) is 0 Å². The van der Waals surface area contributed by atoms with E-state index in [-0.39, 0.29) is 0 Å². The van der Waals surface area contributed by atoms with Gasteiger partial charge in [0.1, 0.15) is 4.99 Å². The average molecular weight is 369 g/mol. The topological polar surface area (TPSA) is 35.1 Å². The third kappa shape index (κ3) is 2.32. The molecule has 0 radical (unpaired) electrons. The lowest BCUT2D eigenvalue weighted by molar-refractivity contribution is 0.546. The molecule has 3 nitrogen and oxygen atoms in total. The second kappa shape index (κ2) is 5.16. The number of oxazole rings is 1. The van der Waals surface area contributed by atoms with Crippen LogP contribution >= 0.6 is 39.7 Å². The minimum atomic E-state index is -0.518. The van der Waals surface area contributed by atoms with E-state index in [1.165, 1.54) is 4.57 Å². The monoisotopic (exact) mass is 367 g/mol. The van der Waals surface area contributed by atoms with Crippen LogP contribution in [-0.2, 0) is 0 Å². The van der Waals surface area contributed by atoms with E-state index in [1.54, 1.807) is 18.2 Å². The summed E-state index contributed by atoms with van der Waals surface area (Å²) in [7, 11) is 0. The first-order valence-corrected chi connectivity index (χ1v) is 7.25. The van der Waals surface area contributed by atoms with E-state index in [0.29, 0.717) is 21.1 Å². The summed E-state index contributed by atoms with van der Waals surface area (Å²) in [5, 5.41) is 0.507. The Hall–Kier alpha value is -1.43.